The third-order valence-corrected chi connectivity index (χ3v) is 10.1. The molecule has 0 heterocycles. The van der Waals surface area contributed by atoms with Gasteiger partial charge in [0.2, 0.25) is 0 Å². The number of ether oxygens (including phenoxy) is 1. The summed E-state index contributed by atoms with van der Waals surface area (Å²) in [6, 6.07) is 17.2. The third-order valence-electron chi connectivity index (χ3n) is 10.1. The van der Waals surface area contributed by atoms with E-state index in [0.29, 0.717) is 0 Å². The van der Waals surface area contributed by atoms with Gasteiger partial charge in [0, 0.05) is 24.2 Å². The number of unbranched alkanes of at least 4 members (excludes halogenated alkanes) is 18. The summed E-state index contributed by atoms with van der Waals surface area (Å²) >= 11 is 0. The van der Waals surface area contributed by atoms with Crippen LogP contribution in [0.5, 0.6) is 11.5 Å². The maximum Gasteiger partial charge on any atom is 0.127 e. The fourth-order valence-electron chi connectivity index (χ4n) is 7.10. The SMILES string of the molecule is CCCCCCCCCCCCC(N)CC(N)Cc1ccc(Oc2ccc(CC(N)CC(N)CCCCCCCCCCCC)cc2)cc1. The average Bonchev–Trinajstić information content (AvgIpc) is 3.08. The quantitative estimate of drug-likeness (QED) is 0.0575. The lowest BCUT2D eigenvalue weighted by Gasteiger charge is -2.18. The zero-order valence-corrected chi connectivity index (χ0v) is 32.0. The lowest BCUT2D eigenvalue weighted by atomic mass is 9.97. The van der Waals surface area contributed by atoms with Crippen LogP contribution in [-0.4, -0.2) is 24.2 Å². The highest BCUT2D eigenvalue weighted by molar-refractivity contribution is 5.35. The van der Waals surface area contributed by atoms with Crippen LogP contribution in [-0.2, 0) is 12.8 Å². The first-order valence-corrected chi connectivity index (χ1v) is 20.8. The Hall–Kier alpha value is -1.92. The molecule has 0 amide bonds. The first-order chi connectivity index (χ1) is 23.9. The second kappa shape index (κ2) is 28.7. The smallest absolute Gasteiger partial charge is 0.127 e. The van der Waals surface area contributed by atoms with Gasteiger partial charge in [-0.25, -0.2) is 0 Å². The van der Waals surface area contributed by atoms with Crippen LogP contribution in [0, 0.1) is 0 Å². The summed E-state index contributed by atoms with van der Waals surface area (Å²) in [5.41, 5.74) is 28.3. The number of benzene rings is 2. The fourth-order valence-corrected chi connectivity index (χ4v) is 7.10. The van der Waals surface area contributed by atoms with E-state index in [0.717, 1.165) is 50.0 Å². The molecule has 4 atom stereocenters. The second-order valence-electron chi connectivity index (χ2n) is 15.3. The highest BCUT2D eigenvalue weighted by Gasteiger charge is 2.12. The lowest BCUT2D eigenvalue weighted by Crippen LogP contribution is -2.32. The summed E-state index contributed by atoms with van der Waals surface area (Å²) in [5, 5.41) is 0. The van der Waals surface area contributed by atoms with Gasteiger partial charge in [-0.05, 0) is 73.9 Å². The molecule has 5 nitrogen and oxygen atoms in total. The third kappa shape index (κ3) is 23.2. The Balaban J connectivity index is 1.56. The van der Waals surface area contributed by atoms with Crippen molar-refractivity contribution in [2.45, 2.75) is 205 Å². The van der Waals surface area contributed by atoms with Gasteiger partial charge < -0.3 is 27.7 Å². The minimum Gasteiger partial charge on any atom is -0.457 e. The van der Waals surface area contributed by atoms with Crippen LogP contribution in [0.1, 0.15) is 179 Å². The summed E-state index contributed by atoms with van der Waals surface area (Å²) in [6.07, 6.45) is 32.7. The van der Waals surface area contributed by atoms with Crippen molar-refractivity contribution >= 4 is 0 Å². The highest BCUT2D eigenvalue weighted by atomic mass is 16.5. The molecule has 0 bridgehead atoms. The summed E-state index contributed by atoms with van der Waals surface area (Å²) in [4.78, 5) is 0. The summed E-state index contributed by atoms with van der Waals surface area (Å²) in [5.74, 6) is 1.66. The van der Waals surface area contributed by atoms with Gasteiger partial charge in [0.05, 0.1) is 0 Å². The fraction of sp³-hybridized carbons (Fsp3) is 0.727. The van der Waals surface area contributed by atoms with Gasteiger partial charge in [-0.15, -0.1) is 0 Å². The van der Waals surface area contributed by atoms with Gasteiger partial charge in [-0.1, -0.05) is 167 Å². The van der Waals surface area contributed by atoms with Crippen LogP contribution in [0.4, 0.5) is 0 Å². The molecule has 0 radical (unpaired) electrons. The van der Waals surface area contributed by atoms with Crippen molar-refractivity contribution in [1.82, 2.24) is 0 Å². The lowest BCUT2D eigenvalue weighted by molar-refractivity contribution is 0.465. The second-order valence-corrected chi connectivity index (χ2v) is 15.3. The predicted octanol–water partition coefficient (Wildman–Crippen LogP) is 11.3. The molecule has 2 aromatic carbocycles. The first-order valence-electron chi connectivity index (χ1n) is 20.8. The van der Waals surface area contributed by atoms with Crippen molar-refractivity contribution in [3.05, 3.63) is 59.7 Å². The molecular formula is C44H78N4O. The molecule has 0 aliphatic heterocycles. The molecule has 8 N–H and O–H groups in total. The highest BCUT2D eigenvalue weighted by Crippen LogP contribution is 2.24. The van der Waals surface area contributed by atoms with E-state index < -0.39 is 0 Å². The van der Waals surface area contributed by atoms with Crippen LogP contribution in [0.25, 0.3) is 0 Å². The van der Waals surface area contributed by atoms with Crippen LogP contribution < -0.4 is 27.7 Å². The van der Waals surface area contributed by atoms with Crippen molar-refractivity contribution in [3.8, 4) is 11.5 Å². The monoisotopic (exact) mass is 679 g/mol. The van der Waals surface area contributed by atoms with Crippen molar-refractivity contribution in [1.29, 1.82) is 0 Å². The Morgan fingerprint density at radius 3 is 0.980 bits per heavy atom. The number of rotatable bonds is 32. The van der Waals surface area contributed by atoms with Gasteiger partial charge >= 0.3 is 0 Å². The Morgan fingerprint density at radius 2 is 0.673 bits per heavy atom. The zero-order chi connectivity index (χ0) is 35.4. The summed E-state index contributed by atoms with van der Waals surface area (Å²) in [7, 11) is 0. The molecule has 0 aromatic heterocycles. The van der Waals surface area contributed by atoms with Crippen molar-refractivity contribution < 1.29 is 4.74 Å². The van der Waals surface area contributed by atoms with E-state index in [9.17, 15) is 0 Å². The van der Waals surface area contributed by atoms with Crippen LogP contribution in [0.15, 0.2) is 48.5 Å². The standard InChI is InChI=1S/C44H78N4O/c1-3-5-7-9-11-13-15-17-19-21-23-39(45)35-41(47)33-37-25-29-43(30-26-37)49-44-31-27-38(28-32-44)34-42(48)36-40(46)24-22-20-18-16-14-12-10-8-6-4-2/h25-32,39-42H,3-24,33-36,45-48H2,1-2H3. The molecule has 5 heteroatoms. The number of hydrogen-bond acceptors (Lipinski definition) is 5. The van der Waals surface area contributed by atoms with E-state index in [-0.39, 0.29) is 24.2 Å². The van der Waals surface area contributed by atoms with Crippen LogP contribution in [0.2, 0.25) is 0 Å². The van der Waals surface area contributed by atoms with Crippen LogP contribution >= 0.6 is 0 Å². The largest absolute Gasteiger partial charge is 0.457 e. The predicted molar refractivity (Wildman–Crippen MR) is 214 cm³/mol. The minimum absolute atomic E-state index is 0.0815. The number of nitrogens with two attached hydrogens (primary N) is 4. The van der Waals surface area contributed by atoms with E-state index in [1.807, 2.05) is 24.3 Å². The minimum atomic E-state index is 0.0815. The van der Waals surface area contributed by atoms with Crippen molar-refractivity contribution in [3.63, 3.8) is 0 Å². The molecule has 0 aliphatic rings. The van der Waals surface area contributed by atoms with Gasteiger partial charge in [-0.2, -0.15) is 0 Å². The Morgan fingerprint density at radius 1 is 0.388 bits per heavy atom. The molecule has 2 rings (SSSR count). The Bertz CT molecular complexity index is 929. The molecule has 280 valence electrons. The molecule has 4 unspecified atom stereocenters. The molecule has 0 spiro atoms. The van der Waals surface area contributed by atoms with Crippen molar-refractivity contribution in [2.24, 2.45) is 22.9 Å². The van der Waals surface area contributed by atoms with Crippen molar-refractivity contribution in [2.75, 3.05) is 0 Å². The van der Waals surface area contributed by atoms with E-state index in [1.54, 1.807) is 0 Å². The van der Waals surface area contributed by atoms with Gasteiger partial charge in [-0.3, -0.25) is 0 Å². The average molecular weight is 679 g/mol. The summed E-state index contributed by atoms with van der Waals surface area (Å²) in [6.45, 7) is 4.56. The number of hydrogen-bond donors (Lipinski definition) is 4. The molecule has 2 aromatic rings. The molecular weight excluding hydrogens is 601 g/mol. The van der Waals surface area contributed by atoms with E-state index in [1.165, 1.54) is 140 Å². The molecule has 0 aliphatic carbocycles. The molecule has 0 saturated carbocycles. The molecule has 49 heavy (non-hydrogen) atoms. The van der Waals surface area contributed by atoms with Gasteiger partial charge in [0.25, 0.3) is 0 Å². The van der Waals surface area contributed by atoms with Gasteiger partial charge in [0.15, 0.2) is 0 Å². The van der Waals surface area contributed by atoms with E-state index >= 15 is 0 Å². The molecule has 0 fully saturated rings. The van der Waals surface area contributed by atoms with Gasteiger partial charge in [0.1, 0.15) is 11.5 Å². The maximum absolute atomic E-state index is 6.49. The Labute approximate surface area is 303 Å². The maximum atomic E-state index is 6.49. The summed E-state index contributed by atoms with van der Waals surface area (Å²) < 4.78 is 6.13. The zero-order valence-electron chi connectivity index (χ0n) is 32.0. The van der Waals surface area contributed by atoms with E-state index in [2.05, 4.69) is 38.1 Å². The van der Waals surface area contributed by atoms with E-state index in [4.69, 9.17) is 27.7 Å². The topological polar surface area (TPSA) is 113 Å². The first kappa shape index (κ1) is 43.2. The molecule has 0 saturated heterocycles. The normalized spacial score (nSPS) is 14.1. The Kier molecular flexibility index (Phi) is 25.4. The van der Waals surface area contributed by atoms with Crippen LogP contribution in [0.3, 0.4) is 0 Å².